The third-order valence-electron chi connectivity index (χ3n) is 8.09. The third kappa shape index (κ3) is 5.12. The molecule has 3 aromatic rings. The van der Waals surface area contributed by atoms with E-state index in [1.54, 1.807) is 24.8 Å². The van der Waals surface area contributed by atoms with E-state index < -0.39 is 53.5 Å². The Balaban J connectivity index is 1.53. The number of nitrogens with zero attached hydrogens (tertiary/aromatic N) is 3. The standard InChI is InChI=1S/C31H32F2N4O6S/c1-16(2)26(34)31(40)43-17(3)42-29-22(38)10-11-36-28(29)30(39)35-12-13-41-14-24(35)37(36)27-18-8-9-21(32)25(33)20(18)15-44-23-7-5-4-6-19(23)27/h4-11,16-17,24,26-27H,12-15,34H2,1-3H3/t17?,24-,26+,27+/m1/s1. The monoisotopic (exact) mass is 626 g/mol. The lowest BCUT2D eigenvalue weighted by molar-refractivity contribution is -0.164. The van der Waals surface area contributed by atoms with E-state index in [0.717, 1.165) is 16.5 Å². The first kappa shape index (κ1) is 30.1. The van der Waals surface area contributed by atoms with Gasteiger partial charge in [-0.15, -0.1) is 11.8 Å². The quantitative estimate of drug-likeness (QED) is 0.324. The van der Waals surface area contributed by atoms with Crippen LogP contribution in [0.5, 0.6) is 5.75 Å². The molecule has 0 spiro atoms. The summed E-state index contributed by atoms with van der Waals surface area (Å²) < 4.78 is 48.5. The Labute approximate surface area is 256 Å². The van der Waals surface area contributed by atoms with Crippen LogP contribution in [0.2, 0.25) is 0 Å². The minimum absolute atomic E-state index is 0.0924. The Hall–Kier alpha value is -3.94. The van der Waals surface area contributed by atoms with E-state index in [1.165, 1.54) is 35.6 Å². The van der Waals surface area contributed by atoms with Gasteiger partial charge in [-0.05, 0) is 29.2 Å². The highest BCUT2D eigenvalue weighted by atomic mass is 32.2. The van der Waals surface area contributed by atoms with E-state index in [9.17, 15) is 18.8 Å². The minimum Gasteiger partial charge on any atom is -0.448 e. The molecule has 6 rings (SSSR count). The summed E-state index contributed by atoms with van der Waals surface area (Å²) in [5, 5.41) is 1.84. The summed E-state index contributed by atoms with van der Waals surface area (Å²) >= 11 is 1.39. The van der Waals surface area contributed by atoms with Crippen molar-refractivity contribution in [1.82, 2.24) is 9.58 Å². The van der Waals surface area contributed by atoms with Crippen molar-refractivity contribution in [2.45, 2.75) is 56.0 Å². The number of thioether (sulfide) groups is 1. The number of halogens is 2. The van der Waals surface area contributed by atoms with Gasteiger partial charge in [-0.25, -0.2) is 8.78 Å². The lowest BCUT2D eigenvalue weighted by atomic mass is 9.93. The van der Waals surface area contributed by atoms with E-state index in [0.29, 0.717) is 5.56 Å². The van der Waals surface area contributed by atoms with Crippen LogP contribution in [0, 0.1) is 17.6 Å². The predicted molar refractivity (Wildman–Crippen MR) is 158 cm³/mol. The topological polar surface area (TPSA) is 116 Å². The van der Waals surface area contributed by atoms with Crippen molar-refractivity contribution >= 4 is 23.6 Å². The molecule has 0 saturated carbocycles. The number of hydrogen-bond donors (Lipinski definition) is 1. The highest BCUT2D eigenvalue weighted by Gasteiger charge is 2.46. The summed E-state index contributed by atoms with van der Waals surface area (Å²) in [5.41, 5.74) is 6.75. The third-order valence-corrected chi connectivity index (χ3v) is 9.21. The molecule has 1 saturated heterocycles. The van der Waals surface area contributed by atoms with Gasteiger partial charge in [0, 0.05) is 41.9 Å². The molecule has 3 aliphatic rings. The lowest BCUT2D eigenvalue weighted by Crippen LogP contribution is -2.66. The average molecular weight is 627 g/mol. The van der Waals surface area contributed by atoms with Crippen LogP contribution in [-0.4, -0.2) is 59.7 Å². The first-order chi connectivity index (χ1) is 21.1. The molecular weight excluding hydrogens is 594 g/mol. The number of aromatic nitrogens is 1. The first-order valence-corrected chi connectivity index (χ1v) is 15.3. The predicted octanol–water partition coefficient (Wildman–Crippen LogP) is 3.52. The van der Waals surface area contributed by atoms with Gasteiger partial charge in [0.1, 0.15) is 12.2 Å². The number of carbonyl (C=O) groups excluding carboxylic acids is 2. The summed E-state index contributed by atoms with van der Waals surface area (Å²) in [5.74, 6) is -3.40. The van der Waals surface area contributed by atoms with Gasteiger partial charge in [0.05, 0.1) is 19.3 Å². The van der Waals surface area contributed by atoms with E-state index in [4.69, 9.17) is 19.9 Å². The molecule has 1 fully saturated rings. The zero-order chi connectivity index (χ0) is 31.3. The van der Waals surface area contributed by atoms with Crippen molar-refractivity contribution in [2.75, 3.05) is 24.8 Å². The van der Waals surface area contributed by atoms with Gasteiger partial charge in [-0.2, -0.15) is 0 Å². The number of carbonyl (C=O) groups is 2. The molecule has 4 heterocycles. The zero-order valence-corrected chi connectivity index (χ0v) is 25.2. The summed E-state index contributed by atoms with van der Waals surface area (Å²) in [6.45, 7) is 5.57. The molecule has 232 valence electrons. The SMILES string of the molecule is CC(OC(=O)[C@@H](N)C(C)C)Oc1c2n(ccc1=O)N([C@@H]1c3ccccc3SCc3c1ccc(F)c3F)[C@@H]1COCCN1C2=O. The zero-order valence-electron chi connectivity index (χ0n) is 24.4. The van der Waals surface area contributed by atoms with E-state index in [1.807, 2.05) is 29.3 Å². The minimum atomic E-state index is -1.25. The molecule has 2 aromatic carbocycles. The van der Waals surface area contributed by atoms with Gasteiger partial charge >= 0.3 is 5.97 Å². The van der Waals surface area contributed by atoms with Gasteiger partial charge in [-0.3, -0.25) is 24.1 Å². The number of morpholine rings is 1. The molecule has 1 amide bonds. The normalized spacial score (nSPS) is 20.6. The van der Waals surface area contributed by atoms with Crippen LogP contribution in [0.15, 0.2) is 58.4 Å². The van der Waals surface area contributed by atoms with Crippen molar-refractivity contribution in [2.24, 2.45) is 11.7 Å². The fraction of sp³-hybridized carbons (Fsp3) is 0.387. The number of esters is 1. The Kier molecular flexibility index (Phi) is 8.12. The van der Waals surface area contributed by atoms with Crippen molar-refractivity contribution in [3.63, 3.8) is 0 Å². The molecule has 4 atom stereocenters. The second-order valence-electron chi connectivity index (χ2n) is 11.2. The van der Waals surface area contributed by atoms with Crippen LogP contribution < -0.4 is 20.9 Å². The summed E-state index contributed by atoms with van der Waals surface area (Å²) in [7, 11) is 0. The van der Waals surface area contributed by atoms with Gasteiger partial charge in [0.25, 0.3) is 5.91 Å². The molecule has 10 nitrogen and oxygen atoms in total. The van der Waals surface area contributed by atoms with E-state index >= 15 is 4.39 Å². The number of nitrogens with two attached hydrogens (primary N) is 1. The molecule has 1 aromatic heterocycles. The Bertz CT molecular complexity index is 1680. The van der Waals surface area contributed by atoms with Crippen molar-refractivity contribution < 1.29 is 32.6 Å². The number of amides is 1. The Morgan fingerprint density at radius 1 is 1.09 bits per heavy atom. The average Bonchev–Trinajstić information content (AvgIpc) is 3.17. The number of rotatable bonds is 6. The van der Waals surface area contributed by atoms with Crippen LogP contribution in [0.25, 0.3) is 0 Å². The second kappa shape index (κ2) is 11.9. The van der Waals surface area contributed by atoms with Gasteiger partial charge in [0.2, 0.25) is 17.5 Å². The molecule has 2 N–H and O–H groups in total. The molecule has 0 bridgehead atoms. The molecule has 0 aliphatic carbocycles. The van der Waals surface area contributed by atoms with Crippen LogP contribution >= 0.6 is 11.8 Å². The van der Waals surface area contributed by atoms with Gasteiger partial charge in [-0.1, -0.05) is 38.1 Å². The highest BCUT2D eigenvalue weighted by Crippen LogP contribution is 2.45. The van der Waals surface area contributed by atoms with Crippen LogP contribution in [0.4, 0.5) is 8.78 Å². The molecule has 1 unspecified atom stereocenters. The smallest absolute Gasteiger partial charge is 0.326 e. The van der Waals surface area contributed by atoms with Crippen LogP contribution in [0.1, 0.15) is 54.0 Å². The summed E-state index contributed by atoms with van der Waals surface area (Å²) in [6.07, 6.45) is -0.455. The Morgan fingerprint density at radius 3 is 2.64 bits per heavy atom. The highest BCUT2D eigenvalue weighted by molar-refractivity contribution is 7.98. The van der Waals surface area contributed by atoms with Crippen molar-refractivity contribution in [3.05, 3.63) is 92.9 Å². The van der Waals surface area contributed by atoms with Crippen LogP contribution in [0.3, 0.4) is 0 Å². The summed E-state index contributed by atoms with van der Waals surface area (Å²) in [4.78, 5) is 42.3. The maximum absolute atomic E-state index is 15.4. The largest absolute Gasteiger partial charge is 0.448 e. The second-order valence-corrected chi connectivity index (χ2v) is 12.2. The molecule has 44 heavy (non-hydrogen) atoms. The first-order valence-electron chi connectivity index (χ1n) is 14.3. The Morgan fingerprint density at radius 2 is 1.86 bits per heavy atom. The van der Waals surface area contributed by atoms with Crippen molar-refractivity contribution in [3.8, 4) is 5.75 Å². The number of ether oxygens (including phenoxy) is 3. The fourth-order valence-electron chi connectivity index (χ4n) is 5.79. The molecular formula is C31H32F2N4O6S. The number of pyridine rings is 1. The molecule has 13 heteroatoms. The maximum atomic E-state index is 15.4. The van der Waals surface area contributed by atoms with Crippen molar-refractivity contribution in [1.29, 1.82) is 0 Å². The van der Waals surface area contributed by atoms with Gasteiger partial charge in [0.15, 0.2) is 17.3 Å². The van der Waals surface area contributed by atoms with Crippen LogP contribution in [-0.2, 0) is 20.0 Å². The number of fused-ring (bicyclic) bond motifs is 4. The summed E-state index contributed by atoms with van der Waals surface area (Å²) in [6, 6.07) is 9.84. The number of hydrogen-bond acceptors (Lipinski definition) is 9. The maximum Gasteiger partial charge on any atom is 0.326 e. The molecule has 0 radical (unpaired) electrons. The molecule has 3 aliphatic heterocycles. The van der Waals surface area contributed by atoms with Gasteiger partial charge < -0.3 is 24.8 Å². The van der Waals surface area contributed by atoms with E-state index in [2.05, 4.69) is 0 Å². The lowest BCUT2D eigenvalue weighted by Gasteiger charge is -2.51. The number of benzene rings is 2. The van der Waals surface area contributed by atoms with E-state index in [-0.39, 0.29) is 48.4 Å². The fourth-order valence-corrected chi connectivity index (χ4v) is 6.90.